The zero-order chi connectivity index (χ0) is 23.9. The van der Waals surface area contributed by atoms with Crippen LogP contribution in [0, 0.1) is 0 Å². The predicted molar refractivity (Wildman–Crippen MR) is 134 cm³/mol. The molecule has 0 aliphatic carbocycles. The van der Waals surface area contributed by atoms with Crippen LogP contribution < -0.4 is 10.2 Å². The summed E-state index contributed by atoms with van der Waals surface area (Å²) in [5, 5.41) is 7.61. The first kappa shape index (κ1) is 24.5. The van der Waals surface area contributed by atoms with Gasteiger partial charge in [0.25, 0.3) is 0 Å². The fourth-order valence-electron chi connectivity index (χ4n) is 4.76. The van der Waals surface area contributed by atoms with Crippen molar-refractivity contribution in [1.82, 2.24) is 20.3 Å². The number of amides is 2. The molecule has 8 nitrogen and oxygen atoms in total. The van der Waals surface area contributed by atoms with E-state index in [2.05, 4.69) is 39.3 Å². The van der Waals surface area contributed by atoms with E-state index in [4.69, 9.17) is 9.26 Å². The van der Waals surface area contributed by atoms with Crippen LogP contribution in [0.1, 0.15) is 45.6 Å². The summed E-state index contributed by atoms with van der Waals surface area (Å²) in [6, 6.07) is 10.5. The summed E-state index contributed by atoms with van der Waals surface area (Å²) >= 11 is 0. The Morgan fingerprint density at radius 2 is 1.94 bits per heavy atom. The fourth-order valence-corrected chi connectivity index (χ4v) is 4.76. The number of nitrogens with zero attached hydrogens (tertiary/aromatic N) is 4. The number of piperidine rings is 1. The molecular weight excluding hydrogens is 430 g/mol. The summed E-state index contributed by atoms with van der Waals surface area (Å²) < 4.78 is 11.5. The Kier molecular flexibility index (Phi) is 8.45. The summed E-state index contributed by atoms with van der Waals surface area (Å²) in [5.74, 6) is 0.805. The van der Waals surface area contributed by atoms with Crippen LogP contribution in [0.2, 0.25) is 0 Å². The smallest absolute Gasteiger partial charge is 0.317 e. The zero-order valence-electron chi connectivity index (χ0n) is 20.8. The van der Waals surface area contributed by atoms with E-state index in [1.165, 1.54) is 6.42 Å². The minimum atomic E-state index is -0.0545. The maximum atomic E-state index is 13.3. The predicted octanol–water partition coefficient (Wildman–Crippen LogP) is 3.97. The van der Waals surface area contributed by atoms with Crippen LogP contribution in [-0.4, -0.2) is 79.0 Å². The Bertz CT molecular complexity index is 910. The van der Waals surface area contributed by atoms with Crippen LogP contribution >= 0.6 is 0 Å². The highest BCUT2D eigenvalue weighted by Crippen LogP contribution is 2.35. The molecule has 0 spiro atoms. The number of rotatable bonds is 8. The monoisotopic (exact) mass is 469 g/mol. The first-order chi connectivity index (χ1) is 16.5. The van der Waals surface area contributed by atoms with E-state index in [9.17, 15) is 4.79 Å². The van der Waals surface area contributed by atoms with Gasteiger partial charge in [-0.3, -0.25) is 4.90 Å². The molecule has 8 heteroatoms. The quantitative estimate of drug-likeness (QED) is 0.631. The van der Waals surface area contributed by atoms with Gasteiger partial charge in [0.2, 0.25) is 5.88 Å². The summed E-state index contributed by atoms with van der Waals surface area (Å²) in [6.07, 6.45) is 3.50. The molecule has 0 saturated carbocycles. The minimum Gasteiger partial charge on any atom is -0.379 e. The van der Waals surface area contributed by atoms with Crippen molar-refractivity contribution in [3.05, 3.63) is 35.9 Å². The fraction of sp³-hybridized carbons (Fsp3) is 0.615. The Morgan fingerprint density at radius 3 is 2.65 bits per heavy atom. The lowest BCUT2D eigenvalue weighted by Crippen LogP contribution is -2.47. The Hall–Kier alpha value is -2.58. The molecule has 1 N–H and O–H groups in total. The van der Waals surface area contributed by atoms with Crippen molar-refractivity contribution in [2.24, 2.45) is 0 Å². The van der Waals surface area contributed by atoms with Gasteiger partial charge >= 0.3 is 6.03 Å². The van der Waals surface area contributed by atoms with Gasteiger partial charge in [-0.15, -0.1) is 0 Å². The number of carbonyl (C=O) groups is 1. The number of ether oxygens (including phenoxy) is 1. The number of aromatic nitrogens is 1. The van der Waals surface area contributed by atoms with E-state index < -0.39 is 0 Å². The normalized spacial score (nSPS) is 19.4. The molecule has 3 heterocycles. The summed E-state index contributed by atoms with van der Waals surface area (Å²) in [6.45, 7) is 12.4. The topological polar surface area (TPSA) is 74.1 Å². The van der Waals surface area contributed by atoms with E-state index in [1.807, 2.05) is 36.9 Å². The average molecular weight is 470 g/mol. The van der Waals surface area contributed by atoms with Gasteiger partial charge in [0, 0.05) is 50.4 Å². The number of hydrogen-bond acceptors (Lipinski definition) is 6. The van der Waals surface area contributed by atoms with Crippen molar-refractivity contribution < 1.29 is 14.1 Å². The second-order valence-electron chi connectivity index (χ2n) is 9.70. The minimum absolute atomic E-state index is 0.0545. The van der Waals surface area contributed by atoms with Crippen LogP contribution in [0.5, 0.6) is 0 Å². The number of morpholine rings is 1. The maximum absolute atomic E-state index is 13.3. The number of carbonyl (C=O) groups excluding carboxylic acids is 1. The van der Waals surface area contributed by atoms with Gasteiger partial charge in [-0.2, -0.15) is 0 Å². The standard InChI is InChI=1S/C26H39N5O3/c1-20(2)27-26(32)30(14-13-29-15-17-33-18-16-29)19-23-24(22-10-5-4-6-11-22)28-34-25(23)31-12-8-7-9-21(31)3/h4-6,10-11,20-21H,7-9,12-19H2,1-3H3,(H,27,32). The molecule has 2 aliphatic rings. The second kappa shape index (κ2) is 11.7. The third kappa shape index (κ3) is 6.10. The molecule has 186 valence electrons. The first-order valence-corrected chi connectivity index (χ1v) is 12.7. The summed E-state index contributed by atoms with van der Waals surface area (Å²) in [7, 11) is 0. The van der Waals surface area contributed by atoms with E-state index in [0.717, 1.165) is 74.9 Å². The van der Waals surface area contributed by atoms with Crippen LogP contribution in [0.4, 0.5) is 10.7 Å². The lowest BCUT2D eigenvalue weighted by atomic mass is 10.0. The molecule has 2 aliphatic heterocycles. The van der Waals surface area contributed by atoms with Gasteiger partial charge in [0.15, 0.2) is 0 Å². The van der Waals surface area contributed by atoms with Gasteiger partial charge in [0.05, 0.1) is 25.3 Å². The Labute approximate surface area is 203 Å². The average Bonchev–Trinajstić information content (AvgIpc) is 3.26. The number of hydrogen-bond donors (Lipinski definition) is 1. The molecule has 2 aromatic rings. The molecule has 2 fully saturated rings. The van der Waals surface area contributed by atoms with Crippen molar-refractivity contribution in [2.75, 3.05) is 50.8 Å². The number of nitrogens with one attached hydrogen (secondary N) is 1. The number of benzene rings is 1. The lowest BCUT2D eigenvalue weighted by molar-refractivity contribution is 0.0346. The molecule has 0 bridgehead atoms. The van der Waals surface area contributed by atoms with E-state index in [0.29, 0.717) is 19.1 Å². The SMILES string of the molecule is CC(C)NC(=O)N(CCN1CCOCC1)Cc1c(-c2ccccc2)noc1N1CCCCC1C. The highest BCUT2D eigenvalue weighted by atomic mass is 16.5. The van der Waals surface area contributed by atoms with Crippen molar-refractivity contribution >= 4 is 11.9 Å². The summed E-state index contributed by atoms with van der Waals surface area (Å²) in [5.41, 5.74) is 2.82. The third-order valence-electron chi connectivity index (χ3n) is 6.72. The van der Waals surface area contributed by atoms with Crippen LogP contribution in [0.15, 0.2) is 34.9 Å². The molecular formula is C26H39N5O3. The molecule has 2 saturated heterocycles. The molecule has 2 amide bonds. The maximum Gasteiger partial charge on any atom is 0.317 e. The molecule has 1 aromatic heterocycles. The van der Waals surface area contributed by atoms with Crippen molar-refractivity contribution in [2.45, 2.75) is 58.7 Å². The summed E-state index contributed by atoms with van der Waals surface area (Å²) in [4.78, 5) is 19.9. The Balaban J connectivity index is 1.63. The van der Waals surface area contributed by atoms with Crippen LogP contribution in [-0.2, 0) is 11.3 Å². The lowest BCUT2D eigenvalue weighted by Gasteiger charge is -2.34. The van der Waals surface area contributed by atoms with E-state index in [-0.39, 0.29) is 12.1 Å². The first-order valence-electron chi connectivity index (χ1n) is 12.7. The molecule has 4 rings (SSSR count). The van der Waals surface area contributed by atoms with E-state index >= 15 is 0 Å². The highest BCUT2D eigenvalue weighted by Gasteiger charge is 2.30. The Morgan fingerprint density at radius 1 is 1.18 bits per heavy atom. The van der Waals surface area contributed by atoms with Crippen LogP contribution in [0.3, 0.4) is 0 Å². The molecule has 34 heavy (non-hydrogen) atoms. The largest absolute Gasteiger partial charge is 0.379 e. The second-order valence-corrected chi connectivity index (χ2v) is 9.70. The van der Waals surface area contributed by atoms with Crippen LogP contribution in [0.25, 0.3) is 11.3 Å². The highest BCUT2D eigenvalue weighted by molar-refractivity contribution is 5.76. The van der Waals surface area contributed by atoms with Gasteiger partial charge in [-0.1, -0.05) is 35.5 Å². The molecule has 1 aromatic carbocycles. The number of anilines is 1. The van der Waals surface area contributed by atoms with Crippen molar-refractivity contribution in [3.63, 3.8) is 0 Å². The van der Waals surface area contributed by atoms with Gasteiger partial charge in [-0.05, 0) is 40.0 Å². The van der Waals surface area contributed by atoms with E-state index in [1.54, 1.807) is 0 Å². The molecule has 1 atom stereocenters. The van der Waals surface area contributed by atoms with Gasteiger partial charge in [-0.25, -0.2) is 4.79 Å². The molecule has 0 radical (unpaired) electrons. The van der Waals surface area contributed by atoms with Crippen molar-refractivity contribution in [1.29, 1.82) is 0 Å². The third-order valence-corrected chi connectivity index (χ3v) is 6.72. The van der Waals surface area contributed by atoms with Gasteiger partial charge in [0.1, 0.15) is 5.69 Å². The molecule has 1 unspecified atom stereocenters. The van der Waals surface area contributed by atoms with Gasteiger partial charge < -0.3 is 24.4 Å². The number of urea groups is 1. The van der Waals surface area contributed by atoms with Crippen molar-refractivity contribution in [3.8, 4) is 11.3 Å². The zero-order valence-corrected chi connectivity index (χ0v) is 20.8.